The second kappa shape index (κ2) is 9.01. The largest absolute Gasteiger partial charge is 0.348 e. The molecule has 2 aromatic rings. The minimum absolute atomic E-state index is 0.0349. The maximum atomic E-state index is 12.8. The number of nitrogens with zero attached hydrogens (tertiary/aromatic N) is 3. The molecule has 4 rings (SSSR count). The molecule has 1 aromatic heterocycles. The van der Waals surface area contributed by atoms with Crippen molar-refractivity contribution < 1.29 is 9.59 Å². The molecule has 2 amide bonds. The van der Waals surface area contributed by atoms with E-state index in [-0.39, 0.29) is 17.9 Å². The van der Waals surface area contributed by atoms with Gasteiger partial charge in [0.15, 0.2) is 0 Å². The van der Waals surface area contributed by atoms with Crippen molar-refractivity contribution in [3.63, 3.8) is 0 Å². The molecule has 1 saturated heterocycles. The molecule has 1 aliphatic heterocycles. The Bertz CT molecular complexity index is 885. The number of carbonyl (C=O) groups excluding carboxylic acids is 2. The molecule has 0 spiro atoms. The Morgan fingerprint density at radius 1 is 1.07 bits per heavy atom. The van der Waals surface area contributed by atoms with Crippen LogP contribution < -0.4 is 5.32 Å². The fraction of sp³-hybridized carbons (Fsp3) is 0.348. The van der Waals surface area contributed by atoms with E-state index in [1.165, 1.54) is 5.56 Å². The van der Waals surface area contributed by atoms with Crippen molar-refractivity contribution in [2.75, 3.05) is 32.7 Å². The SMILES string of the molecule is O=C(NC1CC1)c1cc(C(=O)N2CCN(C/C=C/c3ccccc3)CC2)ccn1. The van der Waals surface area contributed by atoms with E-state index in [1.807, 2.05) is 23.1 Å². The summed E-state index contributed by atoms with van der Waals surface area (Å²) in [6.07, 6.45) is 7.88. The highest BCUT2D eigenvalue weighted by molar-refractivity contribution is 5.98. The van der Waals surface area contributed by atoms with E-state index in [4.69, 9.17) is 0 Å². The molecule has 6 heteroatoms. The van der Waals surface area contributed by atoms with E-state index in [0.717, 1.165) is 32.5 Å². The van der Waals surface area contributed by atoms with Gasteiger partial charge in [-0.2, -0.15) is 0 Å². The monoisotopic (exact) mass is 390 g/mol. The minimum Gasteiger partial charge on any atom is -0.348 e. The lowest BCUT2D eigenvalue weighted by molar-refractivity contribution is 0.0650. The van der Waals surface area contributed by atoms with E-state index >= 15 is 0 Å². The van der Waals surface area contributed by atoms with Crippen LogP contribution in [0, 0.1) is 0 Å². The van der Waals surface area contributed by atoms with Gasteiger partial charge in [-0.15, -0.1) is 0 Å². The normalized spacial score (nSPS) is 17.4. The lowest BCUT2D eigenvalue weighted by atomic mass is 10.1. The average Bonchev–Trinajstić information content (AvgIpc) is 3.58. The summed E-state index contributed by atoms with van der Waals surface area (Å²) in [5.41, 5.74) is 2.03. The Labute approximate surface area is 171 Å². The molecule has 6 nitrogen and oxygen atoms in total. The molecule has 0 atom stereocenters. The molecule has 0 radical (unpaired) electrons. The van der Waals surface area contributed by atoms with E-state index in [0.29, 0.717) is 24.3 Å². The van der Waals surface area contributed by atoms with Crippen molar-refractivity contribution >= 4 is 17.9 Å². The first-order valence-electron chi connectivity index (χ1n) is 10.2. The third kappa shape index (κ3) is 5.29. The highest BCUT2D eigenvalue weighted by Gasteiger charge is 2.26. The number of rotatable bonds is 6. The smallest absolute Gasteiger partial charge is 0.270 e. The van der Waals surface area contributed by atoms with Crippen molar-refractivity contribution in [2.24, 2.45) is 0 Å². The number of hydrogen-bond donors (Lipinski definition) is 1. The van der Waals surface area contributed by atoms with E-state index < -0.39 is 0 Å². The summed E-state index contributed by atoms with van der Waals surface area (Å²) in [4.78, 5) is 33.3. The zero-order valence-corrected chi connectivity index (χ0v) is 16.5. The number of carbonyl (C=O) groups is 2. The Hall–Kier alpha value is -2.99. The van der Waals surface area contributed by atoms with E-state index in [9.17, 15) is 9.59 Å². The van der Waals surface area contributed by atoms with Gasteiger partial charge in [0.2, 0.25) is 0 Å². The fourth-order valence-corrected chi connectivity index (χ4v) is 3.39. The molecule has 2 heterocycles. The number of hydrogen-bond acceptors (Lipinski definition) is 4. The predicted molar refractivity (Wildman–Crippen MR) is 113 cm³/mol. The van der Waals surface area contributed by atoms with Gasteiger partial charge in [0, 0.05) is 50.5 Å². The fourth-order valence-electron chi connectivity index (χ4n) is 3.39. The number of benzene rings is 1. The minimum atomic E-state index is -0.197. The molecule has 2 fully saturated rings. The molecule has 150 valence electrons. The van der Waals surface area contributed by atoms with Crippen LogP contribution in [0.5, 0.6) is 0 Å². The van der Waals surface area contributed by atoms with Gasteiger partial charge in [0.25, 0.3) is 11.8 Å². The first-order valence-corrected chi connectivity index (χ1v) is 10.2. The molecule has 1 N–H and O–H groups in total. The van der Waals surface area contributed by atoms with Crippen molar-refractivity contribution in [1.29, 1.82) is 0 Å². The van der Waals surface area contributed by atoms with Crippen LogP contribution in [-0.4, -0.2) is 65.4 Å². The first kappa shape index (κ1) is 19.3. The number of piperazine rings is 1. The quantitative estimate of drug-likeness (QED) is 0.823. The molecule has 1 saturated carbocycles. The second-order valence-corrected chi connectivity index (χ2v) is 7.58. The van der Waals surface area contributed by atoms with Gasteiger partial charge in [-0.25, -0.2) is 0 Å². The molecule has 0 unspecified atom stereocenters. The first-order chi connectivity index (χ1) is 14.2. The number of amides is 2. The summed E-state index contributed by atoms with van der Waals surface area (Å²) in [5, 5.41) is 2.91. The summed E-state index contributed by atoms with van der Waals surface area (Å²) >= 11 is 0. The van der Waals surface area contributed by atoms with Crippen molar-refractivity contribution in [3.8, 4) is 0 Å². The van der Waals surface area contributed by atoms with Gasteiger partial charge >= 0.3 is 0 Å². The zero-order chi connectivity index (χ0) is 20.1. The summed E-state index contributed by atoms with van der Waals surface area (Å²) in [5.74, 6) is -0.232. The predicted octanol–water partition coefficient (Wildman–Crippen LogP) is 2.45. The number of aromatic nitrogens is 1. The number of nitrogens with one attached hydrogen (secondary N) is 1. The standard InChI is InChI=1S/C23H26N4O2/c28-22(25-20-8-9-20)21-17-19(10-11-24-21)23(29)27-15-13-26(14-16-27)12-4-7-18-5-2-1-3-6-18/h1-7,10-11,17,20H,8-9,12-16H2,(H,25,28)/b7-4+. The molecule has 29 heavy (non-hydrogen) atoms. The summed E-state index contributed by atoms with van der Waals surface area (Å²) in [6.45, 7) is 3.92. The van der Waals surface area contributed by atoms with Gasteiger partial charge in [0.05, 0.1) is 0 Å². The highest BCUT2D eigenvalue weighted by atomic mass is 16.2. The lowest BCUT2D eigenvalue weighted by Crippen LogP contribution is -2.48. The Morgan fingerprint density at radius 2 is 1.83 bits per heavy atom. The Kier molecular flexibility index (Phi) is 6.00. The van der Waals surface area contributed by atoms with Crippen LogP contribution in [0.15, 0.2) is 54.7 Å². The van der Waals surface area contributed by atoms with Gasteiger partial charge in [-0.3, -0.25) is 19.5 Å². The van der Waals surface area contributed by atoms with Gasteiger partial charge in [-0.1, -0.05) is 42.5 Å². The van der Waals surface area contributed by atoms with Crippen LogP contribution in [0.3, 0.4) is 0 Å². The van der Waals surface area contributed by atoms with E-state index in [2.05, 4.69) is 39.5 Å². The van der Waals surface area contributed by atoms with Gasteiger partial charge in [0.1, 0.15) is 5.69 Å². The molecule has 1 aliphatic carbocycles. The third-order valence-electron chi connectivity index (χ3n) is 5.29. The maximum absolute atomic E-state index is 12.8. The molecular weight excluding hydrogens is 364 g/mol. The zero-order valence-electron chi connectivity index (χ0n) is 16.5. The molecule has 0 bridgehead atoms. The lowest BCUT2D eigenvalue weighted by Gasteiger charge is -2.34. The Balaban J connectivity index is 1.28. The topological polar surface area (TPSA) is 65.5 Å². The Morgan fingerprint density at radius 3 is 2.55 bits per heavy atom. The van der Waals surface area contributed by atoms with Crippen LogP contribution in [-0.2, 0) is 0 Å². The van der Waals surface area contributed by atoms with Crippen LogP contribution in [0.1, 0.15) is 39.3 Å². The molecule has 1 aromatic carbocycles. The van der Waals surface area contributed by atoms with Gasteiger partial charge in [-0.05, 0) is 30.5 Å². The van der Waals surface area contributed by atoms with Crippen molar-refractivity contribution in [1.82, 2.24) is 20.1 Å². The van der Waals surface area contributed by atoms with Crippen LogP contribution >= 0.6 is 0 Å². The average molecular weight is 390 g/mol. The summed E-state index contributed by atoms with van der Waals surface area (Å²) in [7, 11) is 0. The number of pyridine rings is 1. The van der Waals surface area contributed by atoms with Crippen molar-refractivity contribution in [2.45, 2.75) is 18.9 Å². The third-order valence-corrected chi connectivity index (χ3v) is 5.29. The molecule has 2 aliphatic rings. The summed E-state index contributed by atoms with van der Waals surface area (Å²) < 4.78 is 0. The van der Waals surface area contributed by atoms with Crippen LogP contribution in [0.2, 0.25) is 0 Å². The van der Waals surface area contributed by atoms with Crippen LogP contribution in [0.25, 0.3) is 6.08 Å². The highest BCUT2D eigenvalue weighted by Crippen LogP contribution is 2.19. The molecular formula is C23H26N4O2. The second-order valence-electron chi connectivity index (χ2n) is 7.58. The van der Waals surface area contributed by atoms with E-state index in [1.54, 1.807) is 18.3 Å². The van der Waals surface area contributed by atoms with Crippen LogP contribution in [0.4, 0.5) is 0 Å². The summed E-state index contributed by atoms with van der Waals surface area (Å²) in [6, 6.07) is 13.8. The van der Waals surface area contributed by atoms with Crippen molar-refractivity contribution in [3.05, 3.63) is 71.6 Å². The maximum Gasteiger partial charge on any atom is 0.270 e. The van der Waals surface area contributed by atoms with Gasteiger partial charge < -0.3 is 10.2 Å².